The molecule has 0 radical (unpaired) electrons. The van der Waals surface area contributed by atoms with E-state index in [0.29, 0.717) is 12.2 Å². The van der Waals surface area contributed by atoms with Gasteiger partial charge >= 0.3 is 0 Å². The van der Waals surface area contributed by atoms with E-state index in [-0.39, 0.29) is 11.9 Å². The molecule has 0 bridgehead atoms. The third-order valence-corrected chi connectivity index (χ3v) is 3.77. The summed E-state index contributed by atoms with van der Waals surface area (Å²) in [4.78, 5) is 20.2. The standard InChI is InChI=1S/C13H16N4OS/c1-8-5-15-4-3-10(8)6-16-12(18)11-7-19-13(17-11)9(2)14/h3-5,7,9H,6,14H2,1-2H3,(H,16,18). The Morgan fingerprint density at radius 3 is 3.00 bits per heavy atom. The van der Waals surface area contributed by atoms with Crippen molar-refractivity contribution in [2.24, 2.45) is 5.73 Å². The second kappa shape index (κ2) is 5.90. The van der Waals surface area contributed by atoms with Crippen LogP contribution in [-0.2, 0) is 6.54 Å². The molecule has 1 amide bonds. The van der Waals surface area contributed by atoms with Crippen molar-refractivity contribution in [3.8, 4) is 0 Å². The van der Waals surface area contributed by atoms with Gasteiger partial charge in [0.15, 0.2) is 0 Å². The molecule has 2 aromatic rings. The van der Waals surface area contributed by atoms with E-state index < -0.39 is 0 Å². The largest absolute Gasteiger partial charge is 0.347 e. The third kappa shape index (κ3) is 3.36. The van der Waals surface area contributed by atoms with Gasteiger partial charge in [-0.2, -0.15) is 0 Å². The molecular weight excluding hydrogens is 260 g/mol. The average molecular weight is 276 g/mol. The first-order valence-corrected chi connectivity index (χ1v) is 6.84. The van der Waals surface area contributed by atoms with Gasteiger partial charge in [0, 0.05) is 24.3 Å². The lowest BCUT2D eigenvalue weighted by atomic mass is 10.1. The molecule has 0 aliphatic heterocycles. The number of amides is 1. The highest BCUT2D eigenvalue weighted by Gasteiger charge is 2.12. The van der Waals surface area contributed by atoms with E-state index in [2.05, 4.69) is 15.3 Å². The van der Waals surface area contributed by atoms with Gasteiger partial charge in [-0.1, -0.05) is 0 Å². The molecule has 0 fully saturated rings. The molecule has 5 nitrogen and oxygen atoms in total. The third-order valence-electron chi connectivity index (χ3n) is 2.72. The Bertz CT molecular complexity index is 580. The summed E-state index contributed by atoms with van der Waals surface area (Å²) in [6.45, 7) is 4.28. The van der Waals surface area contributed by atoms with Crippen molar-refractivity contribution in [2.45, 2.75) is 26.4 Å². The Balaban J connectivity index is 1.99. The Morgan fingerprint density at radius 1 is 1.58 bits per heavy atom. The van der Waals surface area contributed by atoms with Gasteiger partial charge in [-0.15, -0.1) is 11.3 Å². The summed E-state index contributed by atoms with van der Waals surface area (Å²) in [5.74, 6) is -0.181. The van der Waals surface area contributed by atoms with Crippen LogP contribution in [0.3, 0.4) is 0 Å². The van der Waals surface area contributed by atoms with Gasteiger partial charge in [0.1, 0.15) is 10.7 Å². The van der Waals surface area contributed by atoms with Gasteiger partial charge in [0.25, 0.3) is 5.91 Å². The van der Waals surface area contributed by atoms with Gasteiger partial charge < -0.3 is 11.1 Å². The molecule has 3 N–H and O–H groups in total. The van der Waals surface area contributed by atoms with E-state index in [9.17, 15) is 4.79 Å². The fourth-order valence-corrected chi connectivity index (χ4v) is 2.33. The Hall–Kier alpha value is -1.79. The van der Waals surface area contributed by atoms with Crippen LogP contribution in [0, 0.1) is 6.92 Å². The summed E-state index contributed by atoms with van der Waals surface area (Å²) < 4.78 is 0. The maximum Gasteiger partial charge on any atom is 0.271 e. The fourth-order valence-electron chi connectivity index (χ4n) is 1.57. The highest BCUT2D eigenvalue weighted by atomic mass is 32.1. The lowest BCUT2D eigenvalue weighted by Gasteiger charge is -2.06. The second-order valence-corrected chi connectivity index (χ2v) is 5.23. The SMILES string of the molecule is Cc1cnccc1CNC(=O)c1csc(C(C)N)n1. The first kappa shape index (κ1) is 13.6. The molecule has 0 aliphatic rings. The van der Waals surface area contributed by atoms with E-state index in [1.165, 1.54) is 11.3 Å². The minimum absolute atomic E-state index is 0.144. The molecule has 0 aliphatic carbocycles. The van der Waals surface area contributed by atoms with Gasteiger partial charge in [0.2, 0.25) is 0 Å². The van der Waals surface area contributed by atoms with Crippen LogP contribution in [-0.4, -0.2) is 15.9 Å². The van der Waals surface area contributed by atoms with E-state index in [1.54, 1.807) is 17.8 Å². The lowest BCUT2D eigenvalue weighted by Crippen LogP contribution is -2.23. The predicted molar refractivity (Wildman–Crippen MR) is 74.9 cm³/mol. The summed E-state index contributed by atoms with van der Waals surface area (Å²) in [5.41, 5.74) is 8.24. The molecule has 2 heterocycles. The molecule has 19 heavy (non-hydrogen) atoms. The highest BCUT2D eigenvalue weighted by molar-refractivity contribution is 7.09. The van der Waals surface area contributed by atoms with Crippen LogP contribution in [0.15, 0.2) is 23.8 Å². The average Bonchev–Trinajstić information content (AvgIpc) is 2.87. The normalized spacial score (nSPS) is 12.2. The molecule has 0 saturated heterocycles. The zero-order valence-electron chi connectivity index (χ0n) is 10.9. The maximum absolute atomic E-state index is 11.9. The van der Waals surface area contributed by atoms with Gasteiger partial charge in [-0.3, -0.25) is 9.78 Å². The molecule has 0 spiro atoms. The topological polar surface area (TPSA) is 80.9 Å². The number of hydrogen-bond donors (Lipinski definition) is 2. The van der Waals surface area contributed by atoms with Crippen LogP contribution in [0.5, 0.6) is 0 Å². The summed E-state index contributed by atoms with van der Waals surface area (Å²) in [6.07, 6.45) is 3.49. The van der Waals surface area contributed by atoms with Gasteiger partial charge in [-0.25, -0.2) is 4.98 Å². The van der Waals surface area contributed by atoms with E-state index in [4.69, 9.17) is 5.73 Å². The molecule has 2 rings (SSSR count). The smallest absolute Gasteiger partial charge is 0.271 e. The Kier molecular flexibility index (Phi) is 4.24. The lowest BCUT2D eigenvalue weighted by molar-refractivity contribution is 0.0946. The summed E-state index contributed by atoms with van der Waals surface area (Å²) in [7, 11) is 0. The summed E-state index contributed by atoms with van der Waals surface area (Å²) in [6, 6.07) is 1.75. The number of aromatic nitrogens is 2. The number of aryl methyl sites for hydroxylation is 1. The zero-order chi connectivity index (χ0) is 13.8. The Morgan fingerprint density at radius 2 is 2.37 bits per heavy atom. The zero-order valence-corrected chi connectivity index (χ0v) is 11.7. The predicted octanol–water partition coefficient (Wildman–Crippen LogP) is 1.80. The number of pyridine rings is 1. The van der Waals surface area contributed by atoms with Crippen molar-refractivity contribution in [1.82, 2.24) is 15.3 Å². The van der Waals surface area contributed by atoms with Crippen molar-refractivity contribution in [3.63, 3.8) is 0 Å². The minimum Gasteiger partial charge on any atom is -0.347 e. The van der Waals surface area contributed by atoms with Crippen molar-refractivity contribution in [1.29, 1.82) is 0 Å². The molecule has 0 aromatic carbocycles. The maximum atomic E-state index is 11.9. The Labute approximate surface area is 115 Å². The number of hydrogen-bond acceptors (Lipinski definition) is 5. The molecule has 100 valence electrons. The molecular formula is C13H16N4OS. The molecule has 2 aromatic heterocycles. The first-order valence-electron chi connectivity index (χ1n) is 5.96. The molecule has 0 saturated carbocycles. The van der Waals surface area contributed by atoms with Crippen molar-refractivity contribution >= 4 is 17.2 Å². The number of nitrogens with zero attached hydrogens (tertiary/aromatic N) is 2. The number of carbonyl (C=O) groups is 1. The van der Waals surface area contributed by atoms with Gasteiger partial charge in [-0.05, 0) is 31.0 Å². The van der Waals surface area contributed by atoms with Crippen LogP contribution < -0.4 is 11.1 Å². The van der Waals surface area contributed by atoms with Crippen LogP contribution in [0.1, 0.15) is 39.6 Å². The molecule has 1 unspecified atom stereocenters. The van der Waals surface area contributed by atoms with Crippen LogP contribution >= 0.6 is 11.3 Å². The van der Waals surface area contributed by atoms with E-state index in [0.717, 1.165) is 16.1 Å². The number of nitrogens with one attached hydrogen (secondary N) is 1. The van der Waals surface area contributed by atoms with Crippen LogP contribution in [0.4, 0.5) is 0 Å². The van der Waals surface area contributed by atoms with Crippen molar-refractivity contribution in [2.75, 3.05) is 0 Å². The summed E-state index contributed by atoms with van der Waals surface area (Å²) >= 11 is 1.40. The van der Waals surface area contributed by atoms with Crippen molar-refractivity contribution in [3.05, 3.63) is 45.7 Å². The highest BCUT2D eigenvalue weighted by Crippen LogP contribution is 2.15. The number of thiazole rings is 1. The minimum atomic E-state index is -0.181. The second-order valence-electron chi connectivity index (χ2n) is 4.34. The summed E-state index contributed by atoms with van der Waals surface area (Å²) in [5, 5.41) is 5.34. The fraction of sp³-hybridized carbons (Fsp3) is 0.308. The number of nitrogens with two attached hydrogens (primary N) is 1. The number of carbonyl (C=O) groups excluding carboxylic acids is 1. The van der Waals surface area contributed by atoms with Crippen molar-refractivity contribution < 1.29 is 4.79 Å². The van der Waals surface area contributed by atoms with Crippen LogP contribution in [0.2, 0.25) is 0 Å². The molecule has 1 atom stereocenters. The first-order chi connectivity index (χ1) is 9.08. The quantitative estimate of drug-likeness (QED) is 0.892. The monoisotopic (exact) mass is 276 g/mol. The van der Waals surface area contributed by atoms with E-state index >= 15 is 0 Å². The molecule has 6 heteroatoms. The van der Waals surface area contributed by atoms with Crippen LogP contribution in [0.25, 0.3) is 0 Å². The van der Waals surface area contributed by atoms with E-state index in [1.807, 2.05) is 19.9 Å². The number of rotatable bonds is 4. The van der Waals surface area contributed by atoms with Gasteiger partial charge in [0.05, 0.1) is 6.04 Å².